The highest BCUT2D eigenvalue weighted by Gasteiger charge is 2.00. The first-order valence-corrected chi connectivity index (χ1v) is 2.70. The molecule has 0 atom stereocenters. The van der Waals surface area contributed by atoms with E-state index in [-0.39, 0.29) is 11.5 Å². The maximum absolute atomic E-state index is 8.71. The molecule has 0 saturated carbocycles. The number of carbonyl (C=O) groups is 1. The Kier molecular flexibility index (Phi) is 3.51. The average molecular weight is 156 g/mol. The summed E-state index contributed by atoms with van der Waals surface area (Å²) >= 11 is 0. The zero-order chi connectivity index (χ0) is 8.85. The minimum Gasteiger partial charge on any atom is -0.504 e. The van der Waals surface area contributed by atoms with Crippen molar-refractivity contribution < 1.29 is 20.1 Å². The van der Waals surface area contributed by atoms with Crippen molar-refractivity contribution >= 4 is 6.79 Å². The molecular formula is C7H8O4. The van der Waals surface area contributed by atoms with Crippen LogP contribution in [0, 0.1) is 0 Å². The van der Waals surface area contributed by atoms with Crippen LogP contribution in [0.25, 0.3) is 0 Å². The Bertz CT molecular complexity index is 214. The lowest BCUT2D eigenvalue weighted by Gasteiger charge is -1.96. The standard InChI is InChI=1S/C6H6O3.CH2O/c7-4-2-1-3-5(8)6(4)9;1-2/h1-3,7-9H;1H2. The zero-order valence-corrected chi connectivity index (χ0v) is 5.69. The van der Waals surface area contributed by atoms with Crippen molar-refractivity contribution in [3.8, 4) is 17.2 Å². The summed E-state index contributed by atoms with van der Waals surface area (Å²) in [4.78, 5) is 8.00. The predicted molar refractivity (Wildman–Crippen MR) is 38.6 cm³/mol. The Morgan fingerprint density at radius 2 is 1.36 bits per heavy atom. The van der Waals surface area contributed by atoms with Gasteiger partial charge in [-0.2, -0.15) is 0 Å². The summed E-state index contributed by atoms with van der Waals surface area (Å²) < 4.78 is 0. The molecule has 0 heterocycles. The Morgan fingerprint density at radius 1 is 1.00 bits per heavy atom. The van der Waals surface area contributed by atoms with Crippen LogP contribution in [0.5, 0.6) is 17.2 Å². The molecule has 0 unspecified atom stereocenters. The van der Waals surface area contributed by atoms with Crippen LogP contribution in [0.3, 0.4) is 0 Å². The van der Waals surface area contributed by atoms with E-state index in [4.69, 9.17) is 20.1 Å². The number of para-hydroxylation sites is 1. The van der Waals surface area contributed by atoms with Crippen molar-refractivity contribution in [3.05, 3.63) is 18.2 Å². The van der Waals surface area contributed by atoms with Gasteiger partial charge in [-0.1, -0.05) is 6.07 Å². The fourth-order valence-corrected chi connectivity index (χ4v) is 0.519. The summed E-state index contributed by atoms with van der Waals surface area (Å²) in [6.45, 7) is 2.00. The van der Waals surface area contributed by atoms with E-state index < -0.39 is 5.75 Å². The first-order valence-electron chi connectivity index (χ1n) is 2.70. The Balaban J connectivity index is 0.000000461. The second-order valence-corrected chi connectivity index (χ2v) is 1.64. The SMILES string of the molecule is C=O.Oc1cccc(O)c1O. The van der Waals surface area contributed by atoms with Crippen LogP contribution in [0.4, 0.5) is 0 Å². The first-order chi connectivity index (χ1) is 5.22. The monoisotopic (exact) mass is 156 g/mol. The van der Waals surface area contributed by atoms with Gasteiger partial charge in [-0.15, -0.1) is 0 Å². The fraction of sp³-hybridized carbons (Fsp3) is 0. The van der Waals surface area contributed by atoms with Gasteiger partial charge in [0.1, 0.15) is 6.79 Å². The molecule has 60 valence electrons. The topological polar surface area (TPSA) is 77.8 Å². The highest BCUT2D eigenvalue weighted by Crippen LogP contribution is 2.32. The van der Waals surface area contributed by atoms with Gasteiger partial charge in [-0.3, -0.25) is 0 Å². The minimum atomic E-state index is -0.475. The summed E-state index contributed by atoms with van der Waals surface area (Å²) in [6, 6.07) is 4.01. The van der Waals surface area contributed by atoms with Gasteiger partial charge in [0, 0.05) is 0 Å². The lowest BCUT2D eigenvalue weighted by Crippen LogP contribution is -1.67. The molecular weight excluding hydrogens is 148 g/mol. The molecule has 0 fully saturated rings. The maximum atomic E-state index is 8.71. The fourth-order valence-electron chi connectivity index (χ4n) is 0.519. The van der Waals surface area contributed by atoms with E-state index in [1.165, 1.54) is 18.2 Å². The van der Waals surface area contributed by atoms with Gasteiger partial charge in [0.15, 0.2) is 17.2 Å². The van der Waals surface area contributed by atoms with Crippen LogP contribution >= 0.6 is 0 Å². The summed E-state index contributed by atoms with van der Waals surface area (Å²) in [7, 11) is 0. The molecule has 0 saturated heterocycles. The zero-order valence-electron chi connectivity index (χ0n) is 5.69. The molecule has 0 radical (unpaired) electrons. The molecule has 1 rings (SSSR count). The molecule has 0 aliphatic rings. The van der Waals surface area contributed by atoms with E-state index in [0.717, 1.165) is 0 Å². The number of hydrogen-bond donors (Lipinski definition) is 3. The third-order valence-electron chi connectivity index (χ3n) is 0.993. The summed E-state index contributed by atoms with van der Waals surface area (Å²) in [5, 5.41) is 26.1. The normalized spacial score (nSPS) is 8.00. The highest BCUT2D eigenvalue weighted by molar-refractivity contribution is 5.47. The number of carbonyl (C=O) groups excluding carboxylic acids is 1. The number of aromatic hydroxyl groups is 3. The molecule has 4 heteroatoms. The second-order valence-electron chi connectivity index (χ2n) is 1.64. The predicted octanol–water partition coefficient (Wildman–Crippen LogP) is 0.618. The van der Waals surface area contributed by atoms with Gasteiger partial charge in [0.2, 0.25) is 0 Å². The smallest absolute Gasteiger partial charge is 0.200 e. The quantitative estimate of drug-likeness (QED) is 0.481. The van der Waals surface area contributed by atoms with Crippen LogP contribution in [-0.2, 0) is 4.79 Å². The Morgan fingerprint density at radius 3 is 1.64 bits per heavy atom. The van der Waals surface area contributed by atoms with Crippen molar-refractivity contribution in [2.75, 3.05) is 0 Å². The summed E-state index contributed by atoms with van der Waals surface area (Å²) in [5.74, 6) is -1.09. The molecule has 0 aliphatic carbocycles. The van der Waals surface area contributed by atoms with Crippen LogP contribution in [0.1, 0.15) is 0 Å². The number of benzene rings is 1. The van der Waals surface area contributed by atoms with Crippen molar-refractivity contribution in [1.82, 2.24) is 0 Å². The van der Waals surface area contributed by atoms with Gasteiger partial charge < -0.3 is 20.1 Å². The van der Waals surface area contributed by atoms with E-state index in [2.05, 4.69) is 0 Å². The number of hydrogen-bond acceptors (Lipinski definition) is 4. The lowest BCUT2D eigenvalue weighted by atomic mass is 10.3. The Labute approximate surface area is 63.3 Å². The first kappa shape index (κ1) is 9.29. The van der Waals surface area contributed by atoms with Crippen LogP contribution < -0.4 is 0 Å². The van der Waals surface area contributed by atoms with E-state index in [9.17, 15) is 0 Å². The third kappa shape index (κ3) is 2.17. The lowest BCUT2D eigenvalue weighted by molar-refractivity contribution is -0.0979. The molecule has 0 aliphatic heterocycles. The largest absolute Gasteiger partial charge is 0.504 e. The van der Waals surface area contributed by atoms with Crippen molar-refractivity contribution in [2.24, 2.45) is 0 Å². The third-order valence-corrected chi connectivity index (χ3v) is 0.993. The van der Waals surface area contributed by atoms with Gasteiger partial charge in [-0.05, 0) is 12.1 Å². The molecule has 1 aromatic carbocycles. The van der Waals surface area contributed by atoms with E-state index >= 15 is 0 Å². The molecule has 3 N–H and O–H groups in total. The Hall–Kier alpha value is -1.71. The molecule has 11 heavy (non-hydrogen) atoms. The van der Waals surface area contributed by atoms with Gasteiger partial charge in [0.05, 0.1) is 0 Å². The molecule has 0 aromatic heterocycles. The maximum Gasteiger partial charge on any atom is 0.200 e. The number of phenolic OH excluding ortho intramolecular Hbond substituents is 3. The molecule has 1 aromatic rings. The molecule has 4 nitrogen and oxygen atoms in total. The summed E-state index contributed by atoms with van der Waals surface area (Å²) in [5.41, 5.74) is 0. The van der Waals surface area contributed by atoms with E-state index in [1.54, 1.807) is 0 Å². The number of phenols is 3. The van der Waals surface area contributed by atoms with E-state index in [0.29, 0.717) is 0 Å². The van der Waals surface area contributed by atoms with Crippen LogP contribution in [0.2, 0.25) is 0 Å². The number of rotatable bonds is 0. The van der Waals surface area contributed by atoms with Gasteiger partial charge in [-0.25, -0.2) is 0 Å². The highest BCUT2D eigenvalue weighted by atomic mass is 16.3. The summed E-state index contributed by atoms with van der Waals surface area (Å²) in [6.07, 6.45) is 0. The van der Waals surface area contributed by atoms with Crippen molar-refractivity contribution in [3.63, 3.8) is 0 Å². The van der Waals surface area contributed by atoms with Gasteiger partial charge >= 0.3 is 0 Å². The van der Waals surface area contributed by atoms with E-state index in [1.807, 2.05) is 6.79 Å². The van der Waals surface area contributed by atoms with Crippen molar-refractivity contribution in [1.29, 1.82) is 0 Å². The van der Waals surface area contributed by atoms with Crippen LogP contribution in [0.15, 0.2) is 18.2 Å². The van der Waals surface area contributed by atoms with Crippen molar-refractivity contribution in [2.45, 2.75) is 0 Å². The minimum absolute atomic E-state index is 0.310. The molecule has 0 bridgehead atoms. The molecule has 0 amide bonds. The second kappa shape index (κ2) is 4.16. The average Bonchev–Trinajstić information content (AvgIpc) is 2.04. The van der Waals surface area contributed by atoms with Gasteiger partial charge in [0.25, 0.3) is 0 Å². The molecule has 0 spiro atoms. The van der Waals surface area contributed by atoms with Crippen LogP contribution in [-0.4, -0.2) is 22.1 Å².